The molecule has 1 fully saturated rings. The van der Waals surface area contributed by atoms with Crippen molar-refractivity contribution in [3.05, 3.63) is 58.4 Å². The minimum atomic E-state index is -1.35. The Balaban J connectivity index is 1.54. The van der Waals surface area contributed by atoms with Crippen molar-refractivity contribution in [3.8, 4) is 5.75 Å². The third kappa shape index (κ3) is 3.43. The molecule has 10 heteroatoms. The maximum Gasteiger partial charge on any atom is 0.547 e. The number of pyridine rings is 1. The van der Waals surface area contributed by atoms with Gasteiger partial charge in [0.2, 0.25) is 5.91 Å². The minimum absolute atomic E-state index is 0.0182. The number of para-hydroxylation sites is 1. The Hall–Kier alpha value is -2.95. The van der Waals surface area contributed by atoms with E-state index in [4.69, 9.17) is 16.1 Å². The number of carboxylic acids is 1. The summed E-state index contributed by atoms with van der Waals surface area (Å²) >= 11 is 0. The van der Waals surface area contributed by atoms with Crippen molar-refractivity contribution in [2.24, 2.45) is 11.5 Å². The fourth-order valence-electron chi connectivity index (χ4n) is 3.96. The number of carboxylic acid groups (broad SMARTS) is 1. The number of benzene rings is 1. The van der Waals surface area contributed by atoms with Gasteiger partial charge < -0.3 is 31.6 Å². The molecule has 4 rings (SSSR count). The number of aromatic carboxylic acids is 1. The third-order valence-electron chi connectivity index (χ3n) is 5.88. The van der Waals surface area contributed by atoms with Crippen molar-refractivity contribution in [1.29, 1.82) is 0 Å². The second-order valence-corrected chi connectivity index (χ2v) is 7.71. The highest BCUT2D eigenvalue weighted by atomic mass is 16.5. The van der Waals surface area contributed by atoms with Crippen LogP contribution in [-0.4, -0.2) is 40.1 Å². The summed E-state index contributed by atoms with van der Waals surface area (Å²) in [5.74, 6) is -1.92. The fourth-order valence-corrected chi connectivity index (χ4v) is 3.96. The Morgan fingerprint density at radius 3 is 2.70 bits per heavy atom. The maximum atomic E-state index is 13.1. The summed E-state index contributed by atoms with van der Waals surface area (Å²) in [6.45, 7) is 0.554. The lowest BCUT2D eigenvalue weighted by Gasteiger charge is -2.30. The van der Waals surface area contributed by atoms with Gasteiger partial charge in [-0.25, -0.2) is 4.79 Å². The van der Waals surface area contributed by atoms with Gasteiger partial charge in [-0.3, -0.25) is 9.78 Å². The van der Waals surface area contributed by atoms with Gasteiger partial charge in [-0.2, -0.15) is 0 Å². The minimum Gasteiger partial charge on any atom is -0.534 e. The van der Waals surface area contributed by atoms with Crippen molar-refractivity contribution >= 4 is 19.0 Å². The van der Waals surface area contributed by atoms with Crippen molar-refractivity contribution in [2.75, 3.05) is 0 Å². The van der Waals surface area contributed by atoms with Crippen LogP contribution in [0.5, 0.6) is 5.75 Å². The molecule has 1 aromatic heterocycles. The molecule has 7 N–H and O–H groups in total. The molecule has 0 bridgehead atoms. The number of carbonyl (C=O) groups is 2. The number of carbonyl (C=O) groups excluding carboxylic acids is 1. The van der Waals surface area contributed by atoms with E-state index >= 15 is 0 Å². The number of rotatable bonds is 6. The summed E-state index contributed by atoms with van der Waals surface area (Å²) in [4.78, 5) is 28.9. The zero-order valence-corrected chi connectivity index (χ0v) is 16.3. The predicted octanol–water partition coefficient (Wildman–Crippen LogP) is -0.132. The molecule has 0 spiro atoms. The van der Waals surface area contributed by atoms with Crippen molar-refractivity contribution in [1.82, 2.24) is 10.3 Å². The monoisotopic (exact) mass is 410 g/mol. The average molecular weight is 410 g/mol. The largest absolute Gasteiger partial charge is 0.547 e. The number of nitrogens with zero attached hydrogens (tertiary/aromatic N) is 1. The first-order chi connectivity index (χ1) is 14.4. The van der Waals surface area contributed by atoms with Gasteiger partial charge in [-0.1, -0.05) is 18.2 Å². The zero-order chi connectivity index (χ0) is 21.5. The first-order valence-electron chi connectivity index (χ1n) is 9.79. The summed E-state index contributed by atoms with van der Waals surface area (Å²) in [7, 11) is -1.35. The molecular formula is C20H23BN4O5. The molecule has 1 unspecified atom stereocenters. The van der Waals surface area contributed by atoms with Crippen LogP contribution >= 0.6 is 0 Å². The van der Waals surface area contributed by atoms with Crippen LogP contribution < -0.4 is 21.4 Å². The highest BCUT2D eigenvalue weighted by Gasteiger charge is 2.53. The van der Waals surface area contributed by atoms with E-state index in [9.17, 15) is 19.7 Å². The summed E-state index contributed by atoms with van der Waals surface area (Å²) in [6, 6.07) is 6.63. The zero-order valence-electron chi connectivity index (χ0n) is 16.3. The first kappa shape index (κ1) is 20.3. The summed E-state index contributed by atoms with van der Waals surface area (Å²) < 4.78 is 5.46. The molecule has 2 aromatic rings. The Morgan fingerprint density at radius 2 is 2.07 bits per heavy atom. The normalized spacial score (nSPS) is 18.9. The Morgan fingerprint density at radius 1 is 1.30 bits per heavy atom. The SMILES string of the molecule is NCc1cc(C2(C(=O)NC3Cc4cccc(C(=O)O)c4OB3O)CC2)cnc1CN. The van der Waals surface area contributed by atoms with Crippen LogP contribution in [-0.2, 0) is 29.7 Å². The number of fused-ring (bicyclic) bond motifs is 1. The van der Waals surface area contributed by atoms with E-state index in [2.05, 4.69) is 10.3 Å². The summed E-state index contributed by atoms with van der Waals surface area (Å²) in [6.07, 6.45) is 3.25. The molecule has 0 saturated heterocycles. The second-order valence-electron chi connectivity index (χ2n) is 7.71. The van der Waals surface area contributed by atoms with Gasteiger partial charge in [0.15, 0.2) is 0 Å². The molecule has 2 aliphatic rings. The highest BCUT2D eigenvalue weighted by molar-refractivity contribution is 6.47. The molecule has 1 aliphatic heterocycles. The fraction of sp³-hybridized carbons (Fsp3) is 0.350. The van der Waals surface area contributed by atoms with E-state index in [-0.39, 0.29) is 36.7 Å². The van der Waals surface area contributed by atoms with Crippen molar-refractivity contribution < 1.29 is 24.4 Å². The van der Waals surface area contributed by atoms with Crippen LogP contribution in [0.3, 0.4) is 0 Å². The second kappa shape index (κ2) is 7.71. The van der Waals surface area contributed by atoms with E-state index in [1.165, 1.54) is 6.07 Å². The number of hydrogen-bond acceptors (Lipinski definition) is 7. The first-order valence-corrected chi connectivity index (χ1v) is 9.79. The topological polar surface area (TPSA) is 161 Å². The quantitative estimate of drug-likeness (QED) is 0.412. The molecule has 1 aliphatic carbocycles. The number of hydrogen-bond donors (Lipinski definition) is 5. The van der Waals surface area contributed by atoms with E-state index in [0.29, 0.717) is 24.1 Å². The van der Waals surface area contributed by atoms with Gasteiger partial charge >= 0.3 is 13.1 Å². The Labute approximate surface area is 173 Å². The lowest BCUT2D eigenvalue weighted by atomic mass is 9.72. The average Bonchev–Trinajstić information content (AvgIpc) is 3.55. The van der Waals surface area contributed by atoms with E-state index in [1.807, 2.05) is 6.07 Å². The maximum absolute atomic E-state index is 13.1. The van der Waals surface area contributed by atoms with Crippen LogP contribution in [0.15, 0.2) is 30.5 Å². The number of amides is 1. The number of nitrogens with one attached hydrogen (secondary N) is 1. The van der Waals surface area contributed by atoms with Gasteiger partial charge in [0.05, 0.1) is 22.6 Å². The van der Waals surface area contributed by atoms with Gasteiger partial charge in [-0.15, -0.1) is 0 Å². The molecular weight excluding hydrogens is 387 g/mol. The van der Waals surface area contributed by atoms with E-state index < -0.39 is 24.4 Å². The van der Waals surface area contributed by atoms with Gasteiger partial charge in [0.1, 0.15) is 5.75 Å². The number of nitrogens with two attached hydrogens (primary N) is 2. The lowest BCUT2D eigenvalue weighted by molar-refractivity contribution is -0.124. The lowest BCUT2D eigenvalue weighted by Crippen LogP contribution is -2.55. The summed E-state index contributed by atoms with van der Waals surface area (Å²) in [5, 5.41) is 22.6. The molecule has 1 aromatic carbocycles. The standard InChI is InChI=1S/C20H23BN4O5/c22-8-12-6-13(10-24-15(12)9-23)20(4-5-20)19(28)25-16-7-11-2-1-3-14(18(26)27)17(11)30-21(16)29/h1-3,6,10,16,29H,4-5,7-9,22-23H2,(H,25,28)(H,26,27). The van der Waals surface area contributed by atoms with E-state index in [1.54, 1.807) is 18.3 Å². The van der Waals surface area contributed by atoms with Gasteiger partial charge in [-0.05, 0) is 42.0 Å². The van der Waals surface area contributed by atoms with Crippen molar-refractivity contribution in [3.63, 3.8) is 0 Å². The molecule has 1 amide bonds. The highest BCUT2D eigenvalue weighted by Crippen LogP contribution is 2.48. The van der Waals surface area contributed by atoms with Gasteiger partial charge in [0, 0.05) is 19.3 Å². The van der Waals surface area contributed by atoms with Crippen LogP contribution in [0.1, 0.15) is 45.6 Å². The Kier molecular flexibility index (Phi) is 5.23. The number of aromatic nitrogens is 1. The van der Waals surface area contributed by atoms with Gasteiger partial charge in [0.25, 0.3) is 0 Å². The smallest absolute Gasteiger partial charge is 0.534 e. The predicted molar refractivity (Wildman–Crippen MR) is 109 cm³/mol. The van der Waals surface area contributed by atoms with Crippen molar-refractivity contribution in [2.45, 2.75) is 43.7 Å². The molecule has 9 nitrogen and oxygen atoms in total. The molecule has 1 saturated carbocycles. The molecule has 156 valence electrons. The van der Waals surface area contributed by atoms with Crippen LogP contribution in [0.2, 0.25) is 0 Å². The molecule has 2 heterocycles. The Bertz CT molecular complexity index is 1010. The molecule has 1 atom stereocenters. The van der Waals surface area contributed by atoms with Crippen LogP contribution in [0.4, 0.5) is 0 Å². The summed E-state index contributed by atoms with van der Waals surface area (Å²) in [5.41, 5.74) is 13.7. The molecule has 0 radical (unpaired) electrons. The van der Waals surface area contributed by atoms with E-state index in [0.717, 1.165) is 11.1 Å². The van der Waals surface area contributed by atoms with Crippen LogP contribution in [0, 0.1) is 0 Å². The third-order valence-corrected chi connectivity index (χ3v) is 5.88. The molecule has 30 heavy (non-hydrogen) atoms. The van der Waals surface area contributed by atoms with Crippen LogP contribution in [0.25, 0.3) is 0 Å².